The lowest BCUT2D eigenvalue weighted by molar-refractivity contribution is 0.102. The number of carbonyl (C=O) groups is 1. The minimum atomic E-state index is -0.338. The summed E-state index contributed by atoms with van der Waals surface area (Å²) in [6.45, 7) is 7.06. The maximum Gasteiger partial charge on any atom is 0.259 e. The van der Waals surface area contributed by atoms with Crippen LogP contribution in [0.3, 0.4) is 0 Å². The van der Waals surface area contributed by atoms with Gasteiger partial charge in [-0.3, -0.25) is 20.0 Å². The summed E-state index contributed by atoms with van der Waals surface area (Å²) < 4.78 is 13.4. The Morgan fingerprint density at radius 3 is 3.04 bits per heavy atom. The average Bonchev–Trinajstić information content (AvgIpc) is 3.07. The van der Waals surface area contributed by atoms with Crippen molar-refractivity contribution in [3.05, 3.63) is 52.4 Å². The molecule has 0 spiro atoms. The standard InChI is InChI=1S/C21H23FN4OS/c1-13-4-3-7-26(10-13)11-17-12-28-21(24-17)25-20(27)18-8-15-5-6-16(22)9-19(15)23-14(18)2/h5-6,8-9,12-13H,3-4,7,10-11H2,1-2H3,(H,24,25,27). The van der Waals surface area contributed by atoms with Gasteiger partial charge in [-0.1, -0.05) is 6.92 Å². The second-order valence-electron chi connectivity index (χ2n) is 7.54. The van der Waals surface area contributed by atoms with Gasteiger partial charge >= 0.3 is 0 Å². The van der Waals surface area contributed by atoms with Crippen LogP contribution < -0.4 is 5.32 Å². The molecule has 1 unspecified atom stereocenters. The van der Waals surface area contributed by atoms with Crippen LogP contribution in [0, 0.1) is 18.7 Å². The summed E-state index contributed by atoms with van der Waals surface area (Å²) in [7, 11) is 0. The summed E-state index contributed by atoms with van der Waals surface area (Å²) in [5.74, 6) is 0.141. The Hall–Kier alpha value is -2.38. The van der Waals surface area contributed by atoms with Gasteiger partial charge in [0.05, 0.1) is 22.5 Å². The highest BCUT2D eigenvalue weighted by Crippen LogP contribution is 2.23. The predicted octanol–water partition coefficient (Wildman–Crippen LogP) is 4.62. The van der Waals surface area contributed by atoms with Gasteiger partial charge in [0.2, 0.25) is 0 Å². The van der Waals surface area contributed by atoms with E-state index in [2.05, 4.69) is 27.1 Å². The molecule has 2 aromatic heterocycles. The number of aromatic nitrogens is 2. The van der Waals surface area contributed by atoms with Crippen molar-refractivity contribution in [3.8, 4) is 0 Å². The molecule has 5 nitrogen and oxygen atoms in total. The number of nitrogens with zero attached hydrogens (tertiary/aromatic N) is 3. The molecule has 1 amide bonds. The van der Waals surface area contributed by atoms with Crippen LogP contribution in [0.5, 0.6) is 0 Å². The molecule has 0 radical (unpaired) electrons. The molecule has 1 fully saturated rings. The number of rotatable bonds is 4. The molecular weight excluding hydrogens is 375 g/mol. The number of pyridine rings is 1. The van der Waals surface area contributed by atoms with Gasteiger partial charge in [-0.2, -0.15) is 0 Å². The number of hydrogen-bond donors (Lipinski definition) is 1. The van der Waals surface area contributed by atoms with Crippen LogP contribution in [-0.2, 0) is 6.54 Å². The van der Waals surface area contributed by atoms with Crippen molar-refractivity contribution in [2.24, 2.45) is 5.92 Å². The van der Waals surface area contributed by atoms with Crippen molar-refractivity contribution in [1.29, 1.82) is 0 Å². The van der Waals surface area contributed by atoms with Crippen LogP contribution in [0.2, 0.25) is 0 Å². The van der Waals surface area contributed by atoms with Crippen molar-refractivity contribution in [3.63, 3.8) is 0 Å². The van der Waals surface area contributed by atoms with Crippen LogP contribution in [0.15, 0.2) is 29.6 Å². The third kappa shape index (κ3) is 4.20. The smallest absolute Gasteiger partial charge is 0.259 e. The average molecular weight is 399 g/mol. The quantitative estimate of drug-likeness (QED) is 0.697. The number of carbonyl (C=O) groups excluding carboxylic acids is 1. The minimum absolute atomic E-state index is 0.247. The number of fused-ring (bicyclic) bond motifs is 1. The van der Waals surface area contributed by atoms with E-state index in [1.807, 2.05) is 5.38 Å². The number of nitrogens with one attached hydrogen (secondary N) is 1. The normalized spacial score (nSPS) is 17.8. The second kappa shape index (κ2) is 7.93. The molecule has 146 valence electrons. The van der Waals surface area contributed by atoms with Gasteiger partial charge in [-0.25, -0.2) is 9.37 Å². The Balaban J connectivity index is 1.46. The van der Waals surface area contributed by atoms with Crippen LogP contribution in [0.4, 0.5) is 9.52 Å². The van der Waals surface area contributed by atoms with Crippen LogP contribution in [0.25, 0.3) is 10.9 Å². The number of amides is 1. The van der Waals surface area contributed by atoms with Gasteiger partial charge in [0.1, 0.15) is 5.82 Å². The highest BCUT2D eigenvalue weighted by Gasteiger charge is 2.18. The number of thiazole rings is 1. The zero-order valence-electron chi connectivity index (χ0n) is 16.0. The van der Waals surface area contributed by atoms with Crippen LogP contribution >= 0.6 is 11.3 Å². The molecule has 3 heterocycles. The van der Waals surface area contributed by atoms with Crippen molar-refractivity contribution >= 4 is 33.3 Å². The molecule has 7 heteroatoms. The van der Waals surface area contributed by atoms with Gasteiger partial charge in [-0.05, 0) is 50.4 Å². The molecule has 0 saturated carbocycles. The van der Waals surface area contributed by atoms with Gasteiger partial charge in [0, 0.05) is 29.9 Å². The molecule has 1 aliphatic rings. The largest absolute Gasteiger partial charge is 0.298 e. The molecule has 1 N–H and O–H groups in total. The van der Waals surface area contributed by atoms with Crippen LogP contribution in [-0.4, -0.2) is 33.9 Å². The van der Waals surface area contributed by atoms with E-state index in [4.69, 9.17) is 0 Å². The van der Waals surface area contributed by atoms with Gasteiger partial charge in [0.15, 0.2) is 5.13 Å². The first kappa shape index (κ1) is 19.0. The number of halogens is 1. The molecule has 1 saturated heterocycles. The van der Waals surface area contributed by atoms with E-state index >= 15 is 0 Å². The Kier molecular flexibility index (Phi) is 5.37. The Morgan fingerprint density at radius 1 is 1.36 bits per heavy atom. The van der Waals surface area contributed by atoms with Crippen LogP contribution in [0.1, 0.15) is 41.5 Å². The molecule has 4 rings (SSSR count). The van der Waals surface area contributed by atoms with E-state index in [1.54, 1.807) is 19.1 Å². The Labute approximate surface area is 167 Å². The van der Waals surface area contributed by atoms with Crippen molar-refractivity contribution in [2.45, 2.75) is 33.2 Å². The number of anilines is 1. The topological polar surface area (TPSA) is 58.1 Å². The molecule has 1 aliphatic heterocycles. The number of piperidine rings is 1. The van der Waals surface area contributed by atoms with E-state index in [0.29, 0.717) is 21.9 Å². The maximum atomic E-state index is 13.4. The molecule has 1 atom stereocenters. The molecular formula is C21H23FN4OS. The van der Waals surface area contributed by atoms with Gasteiger partial charge in [-0.15, -0.1) is 11.3 Å². The maximum absolute atomic E-state index is 13.4. The van der Waals surface area contributed by atoms with Gasteiger partial charge < -0.3 is 0 Å². The molecule has 1 aromatic carbocycles. The summed E-state index contributed by atoms with van der Waals surface area (Å²) in [6, 6.07) is 6.12. The van der Waals surface area contributed by atoms with E-state index in [1.165, 1.54) is 36.3 Å². The lowest BCUT2D eigenvalue weighted by Crippen LogP contribution is -2.33. The Bertz CT molecular complexity index is 1020. The number of benzene rings is 1. The number of aryl methyl sites for hydroxylation is 1. The molecule has 3 aromatic rings. The lowest BCUT2D eigenvalue weighted by atomic mass is 10.0. The van der Waals surface area contributed by atoms with E-state index in [0.717, 1.165) is 36.6 Å². The monoisotopic (exact) mass is 398 g/mol. The Morgan fingerprint density at radius 2 is 2.21 bits per heavy atom. The fourth-order valence-corrected chi connectivity index (χ4v) is 4.42. The summed E-state index contributed by atoms with van der Waals surface area (Å²) in [6.07, 6.45) is 2.52. The zero-order chi connectivity index (χ0) is 19.7. The van der Waals surface area contributed by atoms with E-state index < -0.39 is 0 Å². The third-order valence-corrected chi connectivity index (χ3v) is 5.92. The second-order valence-corrected chi connectivity index (χ2v) is 8.40. The first-order valence-electron chi connectivity index (χ1n) is 9.53. The number of likely N-dealkylation sites (tertiary alicyclic amines) is 1. The summed E-state index contributed by atoms with van der Waals surface area (Å²) >= 11 is 1.43. The lowest BCUT2D eigenvalue weighted by Gasteiger charge is -2.30. The molecule has 0 bridgehead atoms. The number of hydrogen-bond acceptors (Lipinski definition) is 5. The molecule has 0 aliphatic carbocycles. The fraction of sp³-hybridized carbons (Fsp3) is 0.381. The van der Waals surface area contributed by atoms with Gasteiger partial charge in [0.25, 0.3) is 5.91 Å². The van der Waals surface area contributed by atoms with E-state index in [9.17, 15) is 9.18 Å². The highest BCUT2D eigenvalue weighted by atomic mass is 32.1. The van der Waals surface area contributed by atoms with Crippen molar-refractivity contribution < 1.29 is 9.18 Å². The molecule has 28 heavy (non-hydrogen) atoms. The summed E-state index contributed by atoms with van der Waals surface area (Å²) in [5.41, 5.74) is 2.56. The fourth-order valence-electron chi connectivity index (χ4n) is 3.73. The first-order valence-corrected chi connectivity index (χ1v) is 10.4. The zero-order valence-corrected chi connectivity index (χ0v) is 16.9. The summed E-state index contributed by atoms with van der Waals surface area (Å²) in [4.78, 5) is 24.1. The van der Waals surface area contributed by atoms with E-state index in [-0.39, 0.29) is 11.7 Å². The summed E-state index contributed by atoms with van der Waals surface area (Å²) in [5, 5.41) is 6.20. The predicted molar refractivity (Wildman–Crippen MR) is 110 cm³/mol. The SMILES string of the molecule is Cc1nc2cc(F)ccc2cc1C(=O)Nc1nc(CN2CCCC(C)C2)cs1. The highest BCUT2D eigenvalue weighted by molar-refractivity contribution is 7.14. The van der Waals surface area contributed by atoms with Crippen molar-refractivity contribution in [2.75, 3.05) is 18.4 Å². The minimum Gasteiger partial charge on any atom is -0.298 e. The first-order chi connectivity index (χ1) is 13.5. The third-order valence-electron chi connectivity index (χ3n) is 5.11. The van der Waals surface area contributed by atoms with Crippen molar-refractivity contribution in [1.82, 2.24) is 14.9 Å².